The van der Waals surface area contributed by atoms with Gasteiger partial charge in [-0.3, -0.25) is 4.98 Å². The Morgan fingerprint density at radius 2 is 2.33 bits per heavy atom. The zero-order chi connectivity index (χ0) is 10.3. The summed E-state index contributed by atoms with van der Waals surface area (Å²) < 4.78 is 0. The van der Waals surface area contributed by atoms with E-state index in [4.69, 9.17) is 0 Å². The van der Waals surface area contributed by atoms with E-state index in [1.165, 1.54) is 15.4 Å². The second kappa shape index (κ2) is 3.21. The van der Waals surface area contributed by atoms with Crippen molar-refractivity contribution in [2.24, 2.45) is 0 Å². The minimum absolute atomic E-state index is 1.03. The predicted octanol–water partition coefficient (Wildman–Crippen LogP) is 1.44. The third-order valence-electron chi connectivity index (χ3n) is 2.41. The van der Waals surface area contributed by atoms with Crippen molar-refractivity contribution in [2.45, 2.75) is 6.92 Å². The van der Waals surface area contributed by atoms with E-state index in [0.29, 0.717) is 0 Å². The Kier molecular flexibility index (Phi) is 1.86. The number of nitrogens with one attached hydrogen (secondary N) is 1. The average molecular weight is 214 g/mol. The largest absolute Gasteiger partial charge is 0.352 e. The summed E-state index contributed by atoms with van der Waals surface area (Å²) in [7, 11) is 0. The van der Waals surface area contributed by atoms with Gasteiger partial charge >= 0.3 is 0 Å². The van der Waals surface area contributed by atoms with Gasteiger partial charge in [-0.05, 0) is 31.2 Å². The van der Waals surface area contributed by atoms with Crippen LogP contribution in [0.1, 0.15) is 10.4 Å². The van der Waals surface area contributed by atoms with Crippen LogP contribution in [0.15, 0.2) is 24.4 Å². The van der Waals surface area contributed by atoms with Crippen LogP contribution in [0, 0.1) is 6.92 Å². The summed E-state index contributed by atoms with van der Waals surface area (Å²) in [6, 6.07) is 6.20. The second-order valence-electron chi connectivity index (χ2n) is 3.55. The molecule has 2 aromatic heterocycles. The molecular formula is C12H10N2S. The molecule has 0 unspecified atom stereocenters. The van der Waals surface area contributed by atoms with Crippen LogP contribution in [0.4, 0.5) is 5.00 Å². The van der Waals surface area contributed by atoms with Gasteiger partial charge in [0.25, 0.3) is 0 Å². The van der Waals surface area contributed by atoms with Crippen LogP contribution in [-0.2, 0) is 0 Å². The predicted molar refractivity (Wildman–Crippen MR) is 64.2 cm³/mol. The van der Waals surface area contributed by atoms with Gasteiger partial charge in [0.1, 0.15) is 0 Å². The van der Waals surface area contributed by atoms with Crippen LogP contribution in [0.3, 0.4) is 0 Å². The summed E-state index contributed by atoms with van der Waals surface area (Å²) in [4.78, 5) is 5.68. The van der Waals surface area contributed by atoms with E-state index in [-0.39, 0.29) is 0 Å². The Balaban J connectivity index is 2.34. The normalized spacial score (nSPS) is 12.6. The number of aryl methyl sites for hydroxylation is 1. The highest BCUT2D eigenvalue weighted by Crippen LogP contribution is 2.28. The highest BCUT2D eigenvalue weighted by Gasteiger charge is 2.05. The Morgan fingerprint density at radius 3 is 3.27 bits per heavy atom. The Hall–Kier alpha value is -1.61. The Bertz CT molecular complexity index is 625. The van der Waals surface area contributed by atoms with Crippen LogP contribution < -0.4 is 15.9 Å². The molecule has 74 valence electrons. The minimum Gasteiger partial charge on any atom is -0.352 e. The molecule has 0 atom stereocenters. The molecular weight excluding hydrogens is 204 g/mol. The first-order chi connectivity index (χ1) is 7.33. The van der Waals surface area contributed by atoms with Crippen LogP contribution in [-0.4, -0.2) is 4.98 Å². The lowest BCUT2D eigenvalue weighted by Crippen LogP contribution is -2.27. The maximum absolute atomic E-state index is 4.37. The third kappa shape index (κ3) is 1.45. The van der Waals surface area contributed by atoms with Gasteiger partial charge in [0.15, 0.2) is 0 Å². The number of hydrogen-bond acceptors (Lipinski definition) is 3. The zero-order valence-corrected chi connectivity index (χ0v) is 9.14. The van der Waals surface area contributed by atoms with Crippen LogP contribution in [0.5, 0.6) is 0 Å². The lowest BCUT2D eigenvalue weighted by molar-refractivity contribution is 1.22. The fraction of sp³-hybridized carbons (Fsp3) is 0.0833. The van der Waals surface area contributed by atoms with Gasteiger partial charge in [-0.15, -0.1) is 11.3 Å². The highest BCUT2D eigenvalue weighted by atomic mass is 32.1. The van der Waals surface area contributed by atoms with Gasteiger partial charge in [-0.2, -0.15) is 0 Å². The summed E-state index contributed by atoms with van der Waals surface area (Å²) >= 11 is 1.77. The van der Waals surface area contributed by atoms with Crippen molar-refractivity contribution in [1.29, 1.82) is 0 Å². The Labute approximate surface area is 91.6 Å². The first kappa shape index (κ1) is 8.68. The van der Waals surface area contributed by atoms with Gasteiger partial charge in [-0.25, -0.2) is 0 Å². The van der Waals surface area contributed by atoms with E-state index in [1.807, 2.05) is 18.5 Å². The maximum atomic E-state index is 4.37. The molecule has 1 aliphatic heterocycles. The Morgan fingerprint density at radius 1 is 1.40 bits per heavy atom. The number of nitrogens with zero attached hydrogens (tertiary/aromatic N) is 1. The molecule has 0 radical (unpaired) electrons. The first-order valence-corrected chi connectivity index (χ1v) is 5.64. The lowest BCUT2D eigenvalue weighted by atomic mass is 10.2. The average Bonchev–Trinajstić information content (AvgIpc) is 2.49. The van der Waals surface area contributed by atoms with Crippen molar-refractivity contribution in [2.75, 3.05) is 5.32 Å². The molecule has 3 heteroatoms. The van der Waals surface area contributed by atoms with E-state index in [0.717, 1.165) is 10.6 Å². The van der Waals surface area contributed by atoms with Crippen molar-refractivity contribution >= 4 is 28.6 Å². The fourth-order valence-corrected chi connectivity index (χ4v) is 2.58. The molecule has 0 fully saturated rings. The standard InChI is InChI=1S/C12H10N2S/c1-8-5-10-6-11-9(3-2-4-13-11)7-14-12(10)15-8/h2-7,14H,1H3. The summed E-state index contributed by atoms with van der Waals surface area (Å²) in [6.45, 7) is 2.12. The molecule has 0 amide bonds. The number of pyridine rings is 1. The zero-order valence-electron chi connectivity index (χ0n) is 8.32. The van der Waals surface area contributed by atoms with Crippen molar-refractivity contribution < 1.29 is 0 Å². The third-order valence-corrected chi connectivity index (χ3v) is 3.40. The summed E-state index contributed by atoms with van der Waals surface area (Å²) in [5.74, 6) is 0. The van der Waals surface area contributed by atoms with E-state index in [1.54, 1.807) is 11.3 Å². The van der Waals surface area contributed by atoms with Gasteiger partial charge in [0, 0.05) is 28.1 Å². The van der Waals surface area contributed by atoms with Gasteiger partial charge in [-0.1, -0.05) is 0 Å². The SMILES string of the molecule is Cc1cc2c(s1)NC=c1cccnc1=C2. The van der Waals surface area contributed by atoms with E-state index in [9.17, 15) is 0 Å². The van der Waals surface area contributed by atoms with Crippen LogP contribution in [0.2, 0.25) is 0 Å². The first-order valence-electron chi connectivity index (χ1n) is 4.83. The molecule has 2 aromatic rings. The van der Waals surface area contributed by atoms with Gasteiger partial charge in [0.05, 0.1) is 10.4 Å². The number of aromatic nitrogens is 1. The van der Waals surface area contributed by atoms with Crippen molar-refractivity contribution in [1.82, 2.24) is 4.98 Å². The molecule has 0 spiro atoms. The monoisotopic (exact) mass is 214 g/mol. The molecule has 2 nitrogen and oxygen atoms in total. The molecule has 0 saturated carbocycles. The van der Waals surface area contributed by atoms with E-state index < -0.39 is 0 Å². The molecule has 0 aromatic carbocycles. The maximum Gasteiger partial charge on any atom is 0.0999 e. The number of rotatable bonds is 0. The second-order valence-corrected chi connectivity index (χ2v) is 4.81. The molecule has 0 bridgehead atoms. The number of anilines is 1. The quantitative estimate of drug-likeness (QED) is 0.718. The molecule has 15 heavy (non-hydrogen) atoms. The van der Waals surface area contributed by atoms with Crippen LogP contribution in [0.25, 0.3) is 12.3 Å². The molecule has 3 heterocycles. The molecule has 0 saturated heterocycles. The van der Waals surface area contributed by atoms with Gasteiger partial charge < -0.3 is 5.32 Å². The smallest absolute Gasteiger partial charge is 0.0999 e. The number of hydrogen-bond donors (Lipinski definition) is 1. The van der Waals surface area contributed by atoms with Crippen molar-refractivity contribution in [3.63, 3.8) is 0 Å². The van der Waals surface area contributed by atoms with E-state index >= 15 is 0 Å². The lowest BCUT2D eigenvalue weighted by Gasteiger charge is -1.94. The van der Waals surface area contributed by atoms with Crippen molar-refractivity contribution in [3.8, 4) is 0 Å². The number of thiophene rings is 1. The topological polar surface area (TPSA) is 24.9 Å². The fourth-order valence-electron chi connectivity index (χ4n) is 1.72. The highest BCUT2D eigenvalue weighted by molar-refractivity contribution is 7.16. The molecule has 3 rings (SSSR count). The minimum atomic E-state index is 1.03. The van der Waals surface area contributed by atoms with Crippen molar-refractivity contribution in [3.05, 3.63) is 45.4 Å². The summed E-state index contributed by atoms with van der Waals surface area (Å²) in [6.07, 6.45) is 5.97. The van der Waals surface area contributed by atoms with Gasteiger partial charge in [0.2, 0.25) is 0 Å². The molecule has 1 N–H and O–H groups in total. The molecule has 0 aliphatic carbocycles. The molecule has 1 aliphatic rings. The summed E-state index contributed by atoms with van der Waals surface area (Å²) in [5, 5.41) is 6.69. The van der Waals surface area contributed by atoms with E-state index in [2.05, 4.69) is 35.4 Å². The number of fused-ring (bicyclic) bond motifs is 2. The summed E-state index contributed by atoms with van der Waals surface area (Å²) in [5.41, 5.74) is 1.23. The van der Waals surface area contributed by atoms with Crippen LogP contribution >= 0.6 is 11.3 Å².